The molecule has 9 heteroatoms. The van der Waals surface area contributed by atoms with Crippen LogP contribution in [0.1, 0.15) is 36.0 Å². The lowest BCUT2D eigenvalue weighted by Gasteiger charge is -2.14. The van der Waals surface area contributed by atoms with Gasteiger partial charge in [-0.25, -0.2) is 14.4 Å². The third-order valence-corrected chi connectivity index (χ3v) is 6.41. The van der Waals surface area contributed by atoms with Crippen LogP contribution >= 0.6 is 0 Å². The summed E-state index contributed by atoms with van der Waals surface area (Å²) in [7, 11) is 0. The number of carbonyl (C=O) groups is 1. The van der Waals surface area contributed by atoms with E-state index >= 15 is 0 Å². The zero-order chi connectivity index (χ0) is 23.8. The molecule has 1 aromatic carbocycles. The van der Waals surface area contributed by atoms with E-state index in [1.807, 2.05) is 22.7 Å². The topological polar surface area (TPSA) is 93.4 Å². The average Bonchev–Trinajstić information content (AvgIpc) is 3.35. The highest BCUT2D eigenvalue weighted by molar-refractivity contribution is 5.95. The number of amides is 1. The average molecular weight is 473 g/mol. The Hall–Kier alpha value is -3.85. The molecule has 4 heterocycles. The summed E-state index contributed by atoms with van der Waals surface area (Å²) in [6.45, 7) is 1.41. The quantitative estimate of drug-likeness (QED) is 0.421. The Kier molecular flexibility index (Phi) is 5.61. The minimum absolute atomic E-state index is 0.0486. The molecule has 0 spiro atoms. The largest absolute Gasteiger partial charge is 0.376 e. The van der Waals surface area contributed by atoms with E-state index < -0.39 is 5.82 Å². The Bertz CT molecular complexity index is 1380. The first-order chi connectivity index (χ1) is 17.2. The summed E-state index contributed by atoms with van der Waals surface area (Å²) in [5.74, 6) is -0.308. The smallest absolute Gasteiger partial charge is 0.254 e. The number of rotatable bonds is 7. The summed E-state index contributed by atoms with van der Waals surface area (Å²) in [6, 6.07) is 8.62. The number of hydrogen-bond donors (Lipinski definition) is 2. The molecule has 2 N–H and O–H groups in total. The number of nitrogens with zero attached hydrogens (tertiary/aromatic N) is 4. The zero-order valence-electron chi connectivity index (χ0n) is 19.1. The molecule has 35 heavy (non-hydrogen) atoms. The van der Waals surface area contributed by atoms with Crippen molar-refractivity contribution in [2.45, 2.75) is 37.8 Å². The minimum Gasteiger partial charge on any atom is -0.376 e. The van der Waals surface area contributed by atoms with Gasteiger partial charge in [0.25, 0.3) is 5.91 Å². The van der Waals surface area contributed by atoms with E-state index in [2.05, 4.69) is 20.6 Å². The highest BCUT2D eigenvalue weighted by atomic mass is 19.1. The number of hydrogen-bond acceptors (Lipinski definition) is 6. The van der Waals surface area contributed by atoms with Crippen LogP contribution in [0.5, 0.6) is 0 Å². The molecule has 1 unspecified atom stereocenters. The maximum absolute atomic E-state index is 14.9. The van der Waals surface area contributed by atoms with E-state index in [1.165, 1.54) is 12.1 Å². The fourth-order valence-corrected chi connectivity index (χ4v) is 4.35. The maximum atomic E-state index is 14.9. The van der Waals surface area contributed by atoms with Gasteiger partial charge in [-0.2, -0.15) is 0 Å². The van der Waals surface area contributed by atoms with E-state index in [0.29, 0.717) is 29.3 Å². The molecule has 0 bridgehead atoms. The van der Waals surface area contributed by atoms with Gasteiger partial charge in [-0.3, -0.25) is 14.2 Å². The second-order valence-corrected chi connectivity index (χ2v) is 9.01. The van der Waals surface area contributed by atoms with Crippen molar-refractivity contribution in [3.63, 3.8) is 0 Å². The molecule has 1 amide bonds. The number of aromatic nitrogens is 4. The van der Waals surface area contributed by atoms with Crippen LogP contribution in [0.25, 0.3) is 28.2 Å². The standard InChI is InChI=1S/C26H25FN6O2/c27-21-12-17(3-6-20(21)26(34)31-18-4-5-18)23-14-30-25-24(29-13-19-2-1-11-35-19)32-22(15-33(23)25)16-7-9-28-10-8-16/h3,6-10,12,14-15,18-19H,1-2,4-5,11,13H2,(H,29,32)(H,31,34). The lowest BCUT2D eigenvalue weighted by atomic mass is 10.1. The highest BCUT2D eigenvalue weighted by Gasteiger charge is 2.25. The Morgan fingerprint density at radius 2 is 2.00 bits per heavy atom. The lowest BCUT2D eigenvalue weighted by molar-refractivity contribution is 0.0947. The zero-order valence-corrected chi connectivity index (χ0v) is 19.1. The van der Waals surface area contributed by atoms with Gasteiger partial charge in [-0.15, -0.1) is 0 Å². The molecule has 0 radical (unpaired) electrons. The molecular weight excluding hydrogens is 447 g/mol. The number of nitrogens with one attached hydrogen (secondary N) is 2. The van der Waals surface area contributed by atoms with Gasteiger partial charge in [-0.05, 0) is 49.9 Å². The number of anilines is 1. The predicted octanol–water partition coefficient (Wildman–Crippen LogP) is 4.08. The van der Waals surface area contributed by atoms with Gasteiger partial charge in [0.15, 0.2) is 11.5 Å². The van der Waals surface area contributed by atoms with Gasteiger partial charge >= 0.3 is 0 Å². The van der Waals surface area contributed by atoms with Crippen molar-refractivity contribution in [3.8, 4) is 22.5 Å². The number of carbonyl (C=O) groups excluding carboxylic acids is 1. The molecule has 6 rings (SSSR count). The van der Waals surface area contributed by atoms with Crippen molar-refractivity contribution < 1.29 is 13.9 Å². The Morgan fingerprint density at radius 1 is 1.14 bits per heavy atom. The molecule has 1 atom stereocenters. The second-order valence-electron chi connectivity index (χ2n) is 9.01. The Labute approximate surface area is 201 Å². The van der Waals surface area contributed by atoms with Crippen LogP contribution in [0.15, 0.2) is 55.1 Å². The summed E-state index contributed by atoms with van der Waals surface area (Å²) in [5.41, 5.74) is 3.63. The van der Waals surface area contributed by atoms with E-state index in [4.69, 9.17) is 9.72 Å². The minimum atomic E-state index is -0.559. The van der Waals surface area contributed by atoms with Crippen LogP contribution in [-0.4, -0.2) is 50.6 Å². The molecular formula is C26H25FN6O2. The van der Waals surface area contributed by atoms with Crippen LogP contribution in [0.3, 0.4) is 0 Å². The second kappa shape index (κ2) is 9.07. The van der Waals surface area contributed by atoms with Crippen molar-refractivity contribution in [1.82, 2.24) is 24.7 Å². The van der Waals surface area contributed by atoms with E-state index in [-0.39, 0.29) is 23.6 Å². The first kappa shape index (κ1) is 21.7. The summed E-state index contributed by atoms with van der Waals surface area (Å²) >= 11 is 0. The number of imidazole rings is 1. The van der Waals surface area contributed by atoms with Gasteiger partial charge in [-0.1, -0.05) is 6.07 Å². The van der Waals surface area contributed by atoms with Crippen LogP contribution in [-0.2, 0) is 4.74 Å². The van der Waals surface area contributed by atoms with Crippen molar-refractivity contribution in [2.24, 2.45) is 0 Å². The first-order valence-corrected chi connectivity index (χ1v) is 11.9. The van der Waals surface area contributed by atoms with Crippen LogP contribution < -0.4 is 10.6 Å². The van der Waals surface area contributed by atoms with Crippen LogP contribution in [0, 0.1) is 5.82 Å². The first-order valence-electron chi connectivity index (χ1n) is 11.9. The molecule has 178 valence electrons. The molecule has 1 aliphatic heterocycles. The fourth-order valence-electron chi connectivity index (χ4n) is 4.35. The van der Waals surface area contributed by atoms with Crippen molar-refractivity contribution in [3.05, 3.63) is 66.5 Å². The van der Waals surface area contributed by atoms with Gasteiger partial charge in [0.05, 0.1) is 29.3 Å². The lowest BCUT2D eigenvalue weighted by Crippen LogP contribution is -2.26. The molecule has 4 aromatic rings. The van der Waals surface area contributed by atoms with E-state index in [1.54, 1.807) is 24.7 Å². The summed E-state index contributed by atoms with van der Waals surface area (Å²) in [6.07, 6.45) is 11.1. The fraction of sp³-hybridized carbons (Fsp3) is 0.308. The Balaban J connectivity index is 1.39. The normalized spacial score (nSPS) is 17.6. The highest BCUT2D eigenvalue weighted by Crippen LogP contribution is 2.29. The van der Waals surface area contributed by atoms with Gasteiger partial charge < -0.3 is 15.4 Å². The van der Waals surface area contributed by atoms with Crippen LogP contribution in [0.4, 0.5) is 10.2 Å². The molecule has 8 nitrogen and oxygen atoms in total. The molecule has 1 saturated heterocycles. The van der Waals surface area contributed by atoms with Crippen molar-refractivity contribution in [2.75, 3.05) is 18.5 Å². The van der Waals surface area contributed by atoms with Crippen molar-refractivity contribution in [1.29, 1.82) is 0 Å². The third-order valence-electron chi connectivity index (χ3n) is 6.41. The van der Waals surface area contributed by atoms with Crippen molar-refractivity contribution >= 4 is 17.4 Å². The number of fused-ring (bicyclic) bond motifs is 1. The SMILES string of the molecule is O=C(NC1CC1)c1ccc(-c2cnc3c(NCC4CCCO4)nc(-c4ccncc4)cn23)cc1F. The van der Waals surface area contributed by atoms with Crippen LogP contribution in [0.2, 0.25) is 0 Å². The van der Waals surface area contributed by atoms with Gasteiger partial charge in [0, 0.05) is 48.9 Å². The number of halogens is 1. The molecule has 2 fully saturated rings. The monoisotopic (exact) mass is 472 g/mol. The number of pyridine rings is 1. The Morgan fingerprint density at radius 3 is 2.74 bits per heavy atom. The van der Waals surface area contributed by atoms with E-state index in [9.17, 15) is 9.18 Å². The number of ether oxygens (including phenoxy) is 1. The van der Waals surface area contributed by atoms with Gasteiger partial charge in [0.2, 0.25) is 0 Å². The summed E-state index contributed by atoms with van der Waals surface area (Å²) in [4.78, 5) is 25.9. The molecule has 3 aromatic heterocycles. The summed E-state index contributed by atoms with van der Waals surface area (Å²) < 4.78 is 22.6. The maximum Gasteiger partial charge on any atom is 0.254 e. The van der Waals surface area contributed by atoms with Gasteiger partial charge in [0.1, 0.15) is 5.82 Å². The predicted molar refractivity (Wildman–Crippen MR) is 130 cm³/mol. The summed E-state index contributed by atoms with van der Waals surface area (Å²) in [5, 5.41) is 6.24. The molecule has 2 aliphatic rings. The molecule has 1 saturated carbocycles. The third kappa shape index (κ3) is 4.46. The molecule has 1 aliphatic carbocycles. The van der Waals surface area contributed by atoms with E-state index in [0.717, 1.165) is 43.5 Å². The number of benzene rings is 1.